The minimum Gasteiger partial charge on any atom is -0.493 e. The van der Waals surface area contributed by atoms with Crippen molar-refractivity contribution in [3.63, 3.8) is 0 Å². The molecule has 7 nitrogen and oxygen atoms in total. The summed E-state index contributed by atoms with van der Waals surface area (Å²) in [5.74, 6) is -0.699. The summed E-state index contributed by atoms with van der Waals surface area (Å²) in [6.07, 6.45) is 1.54. The van der Waals surface area contributed by atoms with E-state index >= 15 is 0 Å². The third-order valence-electron chi connectivity index (χ3n) is 4.61. The first-order chi connectivity index (χ1) is 15.3. The van der Waals surface area contributed by atoms with Gasteiger partial charge >= 0.3 is 5.97 Å². The topological polar surface area (TPSA) is 82.1 Å². The van der Waals surface area contributed by atoms with E-state index < -0.39 is 23.2 Å². The molecule has 168 valence electrons. The van der Waals surface area contributed by atoms with Gasteiger partial charge in [0.15, 0.2) is 11.5 Å². The Hall–Kier alpha value is -3.33. The zero-order chi connectivity index (χ0) is 23.3. The van der Waals surface area contributed by atoms with E-state index in [-0.39, 0.29) is 23.9 Å². The van der Waals surface area contributed by atoms with Crippen LogP contribution in [0.2, 0.25) is 0 Å². The second-order valence-corrected chi connectivity index (χ2v) is 7.80. The molecule has 0 spiro atoms. The van der Waals surface area contributed by atoms with E-state index in [0.29, 0.717) is 22.6 Å². The average Bonchev–Trinajstić information content (AvgIpc) is 3.05. The molecular formula is C23H22FNO6S. The first-order valence-electron chi connectivity index (χ1n) is 9.83. The first kappa shape index (κ1) is 23.3. The van der Waals surface area contributed by atoms with Gasteiger partial charge in [-0.25, -0.2) is 9.18 Å². The first-order valence-corrected chi connectivity index (χ1v) is 10.6. The van der Waals surface area contributed by atoms with Crippen LogP contribution in [0.1, 0.15) is 25.0 Å². The molecular weight excluding hydrogens is 437 g/mol. The van der Waals surface area contributed by atoms with E-state index in [1.54, 1.807) is 43.3 Å². The fraction of sp³-hybridized carbons (Fsp3) is 0.261. The second-order valence-electron chi connectivity index (χ2n) is 6.81. The molecule has 2 amide bonds. The van der Waals surface area contributed by atoms with Crippen molar-refractivity contribution >= 4 is 35.0 Å². The largest absolute Gasteiger partial charge is 0.493 e. The molecule has 1 heterocycles. The maximum absolute atomic E-state index is 13.3. The van der Waals surface area contributed by atoms with Crippen molar-refractivity contribution in [2.75, 3.05) is 13.7 Å². The zero-order valence-electron chi connectivity index (χ0n) is 17.8. The molecule has 0 aliphatic carbocycles. The third-order valence-corrected chi connectivity index (χ3v) is 5.49. The fourth-order valence-electron chi connectivity index (χ4n) is 3.01. The summed E-state index contributed by atoms with van der Waals surface area (Å²) >= 11 is 0.750. The quantitative estimate of drug-likeness (QED) is 0.427. The van der Waals surface area contributed by atoms with E-state index in [2.05, 4.69) is 0 Å². The molecule has 2 aromatic carbocycles. The van der Waals surface area contributed by atoms with Crippen molar-refractivity contribution in [3.8, 4) is 11.5 Å². The van der Waals surface area contributed by atoms with Crippen molar-refractivity contribution < 1.29 is 33.0 Å². The Labute approximate surface area is 189 Å². The summed E-state index contributed by atoms with van der Waals surface area (Å²) < 4.78 is 29.3. The number of methoxy groups -OCH3 is 1. The van der Waals surface area contributed by atoms with E-state index in [1.807, 2.05) is 0 Å². The molecule has 0 unspecified atom stereocenters. The number of rotatable bonds is 8. The highest BCUT2D eigenvalue weighted by Gasteiger charge is 2.41. The molecule has 1 aliphatic heterocycles. The number of amides is 2. The molecule has 0 bridgehead atoms. The van der Waals surface area contributed by atoms with Crippen LogP contribution in [0.15, 0.2) is 47.4 Å². The lowest BCUT2D eigenvalue weighted by Crippen LogP contribution is -2.42. The molecule has 1 saturated heterocycles. The predicted molar refractivity (Wildman–Crippen MR) is 118 cm³/mol. The van der Waals surface area contributed by atoms with Crippen LogP contribution in [0, 0.1) is 5.82 Å². The van der Waals surface area contributed by atoms with Gasteiger partial charge in [0.25, 0.3) is 11.1 Å². The van der Waals surface area contributed by atoms with Crippen LogP contribution in [0.5, 0.6) is 11.5 Å². The van der Waals surface area contributed by atoms with Gasteiger partial charge in [0.2, 0.25) is 0 Å². The van der Waals surface area contributed by atoms with E-state index in [9.17, 15) is 18.8 Å². The number of carbonyl (C=O) groups excluding carboxylic acids is 3. The van der Waals surface area contributed by atoms with Gasteiger partial charge in [-0.15, -0.1) is 0 Å². The molecule has 0 saturated carbocycles. The summed E-state index contributed by atoms with van der Waals surface area (Å²) in [6.45, 7) is 3.41. The van der Waals surface area contributed by atoms with Crippen molar-refractivity contribution in [2.45, 2.75) is 26.5 Å². The van der Waals surface area contributed by atoms with Gasteiger partial charge in [0, 0.05) is 0 Å². The molecule has 3 rings (SSSR count). The highest BCUT2D eigenvalue weighted by Crippen LogP contribution is 2.35. The standard InChI is InChI=1S/C23H22FNO6S/c1-4-30-22(27)14(2)25-21(26)20(32-23(25)28)12-15-8-9-18(19(11-15)29-3)31-13-16-6-5-7-17(24)10-16/h5-12,14H,4,13H2,1-3H3/b20-12+/t14-/m0/s1. The number of ether oxygens (including phenoxy) is 3. The molecule has 0 N–H and O–H groups in total. The average molecular weight is 459 g/mol. The van der Waals surface area contributed by atoms with Crippen LogP contribution in [0.4, 0.5) is 9.18 Å². The summed E-state index contributed by atoms with van der Waals surface area (Å²) in [7, 11) is 1.48. The van der Waals surface area contributed by atoms with Crippen LogP contribution in [-0.4, -0.2) is 41.8 Å². The minimum atomic E-state index is -1.01. The van der Waals surface area contributed by atoms with Gasteiger partial charge in [-0.05, 0) is 67.1 Å². The smallest absolute Gasteiger partial charge is 0.329 e. The van der Waals surface area contributed by atoms with Crippen molar-refractivity contribution in [1.29, 1.82) is 0 Å². The number of nitrogens with zero attached hydrogens (tertiary/aromatic N) is 1. The maximum Gasteiger partial charge on any atom is 0.329 e. The van der Waals surface area contributed by atoms with Gasteiger partial charge in [-0.1, -0.05) is 18.2 Å². The number of esters is 1. The Morgan fingerprint density at radius 3 is 2.66 bits per heavy atom. The molecule has 1 aliphatic rings. The Kier molecular flexibility index (Phi) is 7.53. The molecule has 2 aromatic rings. The number of thioether (sulfide) groups is 1. The summed E-state index contributed by atoms with van der Waals surface area (Å²) in [5, 5.41) is -0.538. The van der Waals surface area contributed by atoms with Gasteiger partial charge in [-0.2, -0.15) is 0 Å². The normalized spacial score (nSPS) is 15.8. The second kappa shape index (κ2) is 10.3. The Bertz CT molecular complexity index is 1070. The van der Waals surface area contributed by atoms with Crippen molar-refractivity contribution in [2.24, 2.45) is 0 Å². The monoisotopic (exact) mass is 459 g/mol. The molecule has 1 fully saturated rings. The van der Waals surface area contributed by atoms with Gasteiger partial charge in [-0.3, -0.25) is 14.5 Å². The molecule has 32 heavy (non-hydrogen) atoms. The SMILES string of the molecule is CCOC(=O)[C@H](C)N1C(=O)S/C(=C/c2ccc(OCc3cccc(F)c3)c(OC)c2)C1=O. The third kappa shape index (κ3) is 5.28. The summed E-state index contributed by atoms with van der Waals surface area (Å²) in [5.41, 5.74) is 1.27. The van der Waals surface area contributed by atoms with Crippen LogP contribution < -0.4 is 9.47 Å². The Morgan fingerprint density at radius 1 is 1.19 bits per heavy atom. The van der Waals surface area contributed by atoms with E-state index in [1.165, 1.54) is 26.2 Å². The van der Waals surface area contributed by atoms with Gasteiger partial charge in [0.1, 0.15) is 18.5 Å². The molecule has 9 heteroatoms. The van der Waals surface area contributed by atoms with Crippen LogP contribution in [-0.2, 0) is 20.9 Å². The minimum absolute atomic E-state index is 0.151. The number of benzene rings is 2. The number of hydrogen-bond acceptors (Lipinski definition) is 7. The summed E-state index contributed by atoms with van der Waals surface area (Å²) in [6, 6.07) is 10.1. The Balaban J connectivity index is 1.76. The summed E-state index contributed by atoms with van der Waals surface area (Å²) in [4.78, 5) is 38.0. The van der Waals surface area contributed by atoms with Crippen molar-refractivity contribution in [1.82, 2.24) is 4.90 Å². The van der Waals surface area contributed by atoms with E-state index in [4.69, 9.17) is 14.2 Å². The molecule has 0 aromatic heterocycles. The van der Waals surface area contributed by atoms with Gasteiger partial charge < -0.3 is 14.2 Å². The Morgan fingerprint density at radius 2 is 1.97 bits per heavy atom. The molecule has 0 radical (unpaired) electrons. The lowest BCUT2D eigenvalue weighted by atomic mass is 10.1. The van der Waals surface area contributed by atoms with E-state index in [0.717, 1.165) is 16.7 Å². The number of hydrogen-bond donors (Lipinski definition) is 0. The maximum atomic E-state index is 13.3. The van der Waals surface area contributed by atoms with Gasteiger partial charge in [0.05, 0.1) is 18.6 Å². The number of carbonyl (C=O) groups is 3. The lowest BCUT2D eigenvalue weighted by molar-refractivity contribution is -0.150. The number of halogens is 1. The fourth-order valence-corrected chi connectivity index (χ4v) is 3.92. The van der Waals surface area contributed by atoms with Crippen LogP contribution in [0.25, 0.3) is 6.08 Å². The molecule has 1 atom stereocenters. The highest BCUT2D eigenvalue weighted by atomic mass is 32.2. The zero-order valence-corrected chi connectivity index (χ0v) is 18.6. The lowest BCUT2D eigenvalue weighted by Gasteiger charge is -2.19. The predicted octanol–water partition coefficient (Wildman–Crippen LogP) is 4.40. The van der Waals surface area contributed by atoms with Crippen molar-refractivity contribution in [3.05, 3.63) is 64.3 Å². The van der Waals surface area contributed by atoms with Crippen LogP contribution in [0.3, 0.4) is 0 Å². The number of imide groups is 1. The highest BCUT2D eigenvalue weighted by molar-refractivity contribution is 8.18. The van der Waals surface area contributed by atoms with Crippen LogP contribution >= 0.6 is 11.8 Å².